The minimum atomic E-state index is -1.54. The van der Waals surface area contributed by atoms with Crippen molar-refractivity contribution in [2.24, 2.45) is 40.4 Å². The third-order valence-electron chi connectivity index (χ3n) is 11.2. The first kappa shape index (κ1) is 22.2. The van der Waals surface area contributed by atoms with Crippen LogP contribution in [0.25, 0.3) is 0 Å². The molecule has 5 saturated carbocycles. The molecule has 0 aromatic heterocycles. The van der Waals surface area contributed by atoms with Crippen LogP contribution in [-0.2, 0) is 14.2 Å². The number of aliphatic hydroxyl groups is 4. The molecule has 182 valence electrons. The zero-order valence-electron chi connectivity index (χ0n) is 19.6. The number of likely N-dealkylation sites (tertiary alicyclic amines) is 1. The summed E-state index contributed by atoms with van der Waals surface area (Å²) in [4.78, 5) is 2.42. The van der Waals surface area contributed by atoms with E-state index in [0.29, 0.717) is 19.4 Å². The molecule has 1 spiro atoms. The molecule has 0 radical (unpaired) electrons. The molecule has 6 fully saturated rings. The van der Waals surface area contributed by atoms with E-state index < -0.39 is 47.3 Å². The Morgan fingerprint density at radius 2 is 1.75 bits per heavy atom. The quantitative estimate of drug-likeness (QED) is 0.440. The van der Waals surface area contributed by atoms with E-state index in [1.165, 1.54) is 0 Å². The molecule has 0 aromatic carbocycles. The van der Waals surface area contributed by atoms with Crippen LogP contribution < -0.4 is 0 Å². The fraction of sp³-hybridized carbons (Fsp3) is 1.00. The van der Waals surface area contributed by atoms with Crippen molar-refractivity contribution in [1.82, 2.24) is 4.90 Å². The van der Waals surface area contributed by atoms with Gasteiger partial charge in [-0.1, -0.05) is 6.92 Å². The second kappa shape index (κ2) is 6.88. The van der Waals surface area contributed by atoms with Gasteiger partial charge in [-0.05, 0) is 31.7 Å². The fourth-order valence-corrected chi connectivity index (χ4v) is 10.7. The zero-order valence-corrected chi connectivity index (χ0v) is 19.6. The lowest BCUT2D eigenvalue weighted by Gasteiger charge is -2.69. The number of nitrogens with zero attached hydrogens (tertiary/aromatic N) is 1. The van der Waals surface area contributed by atoms with Crippen molar-refractivity contribution in [3.63, 3.8) is 0 Å². The van der Waals surface area contributed by atoms with Crippen LogP contribution in [0.1, 0.15) is 26.2 Å². The van der Waals surface area contributed by atoms with Crippen molar-refractivity contribution < 1.29 is 34.6 Å². The van der Waals surface area contributed by atoms with E-state index in [2.05, 4.69) is 11.8 Å². The van der Waals surface area contributed by atoms with E-state index >= 15 is 0 Å². The van der Waals surface area contributed by atoms with Crippen molar-refractivity contribution >= 4 is 0 Å². The molecule has 4 N–H and O–H groups in total. The molecule has 5 aliphatic carbocycles. The Hall–Kier alpha value is -0.320. The summed E-state index contributed by atoms with van der Waals surface area (Å²) in [6, 6.07) is -0.120. The second-order valence-corrected chi connectivity index (χ2v) is 11.6. The first-order chi connectivity index (χ1) is 15.3. The molecule has 0 aromatic rings. The maximum atomic E-state index is 12.5. The first-order valence-electron chi connectivity index (χ1n) is 12.3. The molecule has 7 bridgehead atoms. The standard InChI is InChI=1S/C24H39NO7/c1-5-25-9-22(10-30-2)7-6-13(26)23-12-8-11-16(27)14(12)24(29,21(28)17(11)31-3)15(20(23)25)18(32-4)19(22)23/h11-21,26-29H,5-10H2,1-4H3/t11-,12+,13?,14+,15-,16?,17?,18?,19+,20+,21?,22-,23-,24+/m0/s1. The number of rotatable bonds is 5. The van der Waals surface area contributed by atoms with Gasteiger partial charge in [0, 0.05) is 68.4 Å². The minimum Gasteiger partial charge on any atom is -0.392 e. The third kappa shape index (κ3) is 2.07. The molecule has 6 rings (SSSR count). The fourth-order valence-electron chi connectivity index (χ4n) is 10.7. The Morgan fingerprint density at radius 1 is 1.03 bits per heavy atom. The van der Waals surface area contributed by atoms with Crippen LogP contribution in [-0.4, -0.2) is 109 Å². The van der Waals surface area contributed by atoms with E-state index in [0.717, 1.165) is 19.5 Å². The van der Waals surface area contributed by atoms with Gasteiger partial charge in [0.05, 0.1) is 31.0 Å². The van der Waals surface area contributed by atoms with Gasteiger partial charge in [-0.25, -0.2) is 0 Å². The molecule has 0 amide bonds. The van der Waals surface area contributed by atoms with Gasteiger partial charge in [0.2, 0.25) is 0 Å². The number of hydrogen-bond donors (Lipinski definition) is 4. The number of piperidine rings is 1. The van der Waals surface area contributed by atoms with Crippen LogP contribution in [0, 0.1) is 40.4 Å². The average Bonchev–Trinajstić information content (AvgIpc) is 3.19. The van der Waals surface area contributed by atoms with Crippen LogP contribution in [0.3, 0.4) is 0 Å². The molecule has 5 unspecified atom stereocenters. The van der Waals surface area contributed by atoms with Crippen LogP contribution in [0.4, 0.5) is 0 Å². The first-order valence-corrected chi connectivity index (χ1v) is 12.3. The van der Waals surface area contributed by atoms with Gasteiger partial charge in [-0.3, -0.25) is 4.90 Å². The molecule has 8 heteroatoms. The van der Waals surface area contributed by atoms with E-state index in [-0.39, 0.29) is 35.3 Å². The molecular weight excluding hydrogens is 414 g/mol. The van der Waals surface area contributed by atoms with Crippen LogP contribution in [0.2, 0.25) is 0 Å². The smallest absolute Gasteiger partial charge is 0.110 e. The number of aliphatic hydroxyl groups excluding tert-OH is 3. The Labute approximate surface area is 189 Å². The highest BCUT2D eigenvalue weighted by atomic mass is 16.5. The van der Waals surface area contributed by atoms with Crippen LogP contribution in [0.15, 0.2) is 0 Å². The second-order valence-electron chi connectivity index (χ2n) is 11.6. The predicted molar refractivity (Wildman–Crippen MR) is 114 cm³/mol. The Bertz CT molecular complexity index is 783. The highest BCUT2D eigenvalue weighted by molar-refractivity contribution is 5.36. The maximum Gasteiger partial charge on any atom is 0.110 e. The summed E-state index contributed by atoms with van der Waals surface area (Å²) < 4.78 is 17.7. The summed E-state index contributed by atoms with van der Waals surface area (Å²) in [5.74, 6) is -1.29. The summed E-state index contributed by atoms with van der Waals surface area (Å²) in [6.45, 7) is 4.33. The van der Waals surface area contributed by atoms with Gasteiger partial charge < -0.3 is 34.6 Å². The predicted octanol–water partition coefficient (Wildman–Crippen LogP) is -0.527. The monoisotopic (exact) mass is 453 g/mol. The zero-order chi connectivity index (χ0) is 22.8. The SMILES string of the molecule is CCN1C[C@]2(COC)CCC(O)[C@@]34[C@@H]5C[C@@H]6C(OC)C(O)[C@@](O)([C@H]5C6O)[C@@H](C(OC)[C@H]23)[C@@H]14. The van der Waals surface area contributed by atoms with E-state index in [4.69, 9.17) is 14.2 Å². The Balaban J connectivity index is 1.64. The molecule has 14 atom stereocenters. The van der Waals surface area contributed by atoms with Gasteiger partial charge >= 0.3 is 0 Å². The summed E-state index contributed by atoms with van der Waals surface area (Å²) in [7, 11) is 4.98. The van der Waals surface area contributed by atoms with Gasteiger partial charge in [0.15, 0.2) is 0 Å². The topological polar surface area (TPSA) is 112 Å². The minimum absolute atomic E-state index is 0.000250. The van der Waals surface area contributed by atoms with Crippen LogP contribution >= 0.6 is 0 Å². The summed E-state index contributed by atoms with van der Waals surface area (Å²) >= 11 is 0. The summed E-state index contributed by atoms with van der Waals surface area (Å²) in [6.07, 6.45) is -1.22. The number of methoxy groups -OCH3 is 3. The third-order valence-corrected chi connectivity index (χ3v) is 11.2. The largest absolute Gasteiger partial charge is 0.392 e. The molecule has 1 aliphatic heterocycles. The molecule has 6 aliphatic rings. The Morgan fingerprint density at radius 3 is 2.38 bits per heavy atom. The molecule has 1 saturated heterocycles. The lowest BCUT2D eigenvalue weighted by atomic mass is 9.43. The number of ether oxygens (including phenoxy) is 3. The van der Waals surface area contributed by atoms with Crippen LogP contribution in [0.5, 0.6) is 0 Å². The summed E-state index contributed by atoms with van der Waals surface area (Å²) in [5.41, 5.74) is -2.24. The molecule has 32 heavy (non-hydrogen) atoms. The van der Waals surface area contributed by atoms with Gasteiger partial charge in [-0.2, -0.15) is 0 Å². The number of hydrogen-bond acceptors (Lipinski definition) is 8. The lowest BCUT2D eigenvalue weighted by molar-refractivity contribution is -0.297. The van der Waals surface area contributed by atoms with E-state index in [1.807, 2.05) is 0 Å². The molecular formula is C24H39NO7. The molecule has 1 heterocycles. The lowest BCUT2D eigenvalue weighted by Crippen LogP contribution is -2.78. The van der Waals surface area contributed by atoms with Gasteiger partial charge in [0.25, 0.3) is 0 Å². The number of fused-ring (bicyclic) bond motifs is 2. The van der Waals surface area contributed by atoms with Crippen molar-refractivity contribution in [3.8, 4) is 0 Å². The highest BCUT2D eigenvalue weighted by Gasteiger charge is 2.87. The summed E-state index contributed by atoms with van der Waals surface area (Å²) in [5, 5.41) is 47.3. The van der Waals surface area contributed by atoms with Gasteiger partial charge in [-0.15, -0.1) is 0 Å². The van der Waals surface area contributed by atoms with Crippen molar-refractivity contribution in [3.05, 3.63) is 0 Å². The van der Waals surface area contributed by atoms with Crippen molar-refractivity contribution in [2.45, 2.75) is 68.3 Å². The van der Waals surface area contributed by atoms with Crippen molar-refractivity contribution in [1.29, 1.82) is 0 Å². The van der Waals surface area contributed by atoms with Gasteiger partial charge in [0.1, 0.15) is 11.7 Å². The molecule has 8 nitrogen and oxygen atoms in total. The maximum absolute atomic E-state index is 12.5. The highest BCUT2D eigenvalue weighted by Crippen LogP contribution is 2.79. The van der Waals surface area contributed by atoms with E-state index in [1.54, 1.807) is 21.3 Å². The Kier molecular flexibility index (Phi) is 4.76. The van der Waals surface area contributed by atoms with E-state index in [9.17, 15) is 20.4 Å². The van der Waals surface area contributed by atoms with Crippen molar-refractivity contribution in [2.75, 3.05) is 41.0 Å². The average molecular weight is 454 g/mol. The normalized spacial score (nSPS) is 62.4.